The van der Waals surface area contributed by atoms with E-state index in [0.717, 1.165) is 5.56 Å². The number of aromatic nitrogens is 1. The fourth-order valence-electron chi connectivity index (χ4n) is 1.79. The molecule has 19 heavy (non-hydrogen) atoms. The average Bonchev–Trinajstić information content (AvgIpc) is 2.44. The van der Waals surface area contributed by atoms with Crippen LogP contribution in [0.2, 0.25) is 0 Å². The molecular weight excluding hydrogens is 244 g/mol. The number of benzene rings is 1. The molecule has 0 spiro atoms. The molecule has 0 amide bonds. The molecule has 1 aromatic heterocycles. The Labute approximate surface area is 111 Å². The molecule has 2 rings (SSSR count). The van der Waals surface area contributed by atoms with E-state index in [1.165, 1.54) is 6.07 Å². The first-order valence-corrected chi connectivity index (χ1v) is 5.90. The van der Waals surface area contributed by atoms with Crippen LogP contribution in [0.1, 0.15) is 11.1 Å². The molecule has 0 atom stereocenters. The lowest BCUT2D eigenvalue weighted by Gasteiger charge is -2.09. The van der Waals surface area contributed by atoms with Gasteiger partial charge in [-0.15, -0.1) is 0 Å². The number of ether oxygens (including phenoxy) is 1. The predicted octanol–water partition coefficient (Wildman–Crippen LogP) is 1.79. The Balaban J connectivity index is 1.98. The molecule has 3 N–H and O–H groups in total. The summed E-state index contributed by atoms with van der Waals surface area (Å²) in [4.78, 5) is 4.10. The van der Waals surface area contributed by atoms with E-state index in [1.54, 1.807) is 25.4 Å². The summed E-state index contributed by atoms with van der Waals surface area (Å²) in [5.41, 5.74) is 1.58. The molecule has 0 aliphatic rings. The molecule has 100 valence electrons. The summed E-state index contributed by atoms with van der Waals surface area (Å²) in [6.07, 6.45) is 1.67. The molecule has 0 aliphatic carbocycles. The van der Waals surface area contributed by atoms with Crippen molar-refractivity contribution in [3.63, 3.8) is 0 Å². The second-order valence-corrected chi connectivity index (χ2v) is 4.06. The summed E-state index contributed by atoms with van der Waals surface area (Å²) in [5, 5.41) is 22.2. The predicted molar refractivity (Wildman–Crippen MR) is 71.1 cm³/mol. The SMILES string of the molecule is COc1ncccc1CNCc1cccc(O)c1O. The Morgan fingerprint density at radius 1 is 1.11 bits per heavy atom. The van der Waals surface area contributed by atoms with Gasteiger partial charge in [0.15, 0.2) is 11.5 Å². The van der Waals surface area contributed by atoms with Crippen LogP contribution >= 0.6 is 0 Å². The van der Waals surface area contributed by atoms with Gasteiger partial charge >= 0.3 is 0 Å². The first-order chi connectivity index (χ1) is 9.22. The monoisotopic (exact) mass is 260 g/mol. The number of nitrogens with one attached hydrogen (secondary N) is 1. The number of methoxy groups -OCH3 is 1. The first-order valence-electron chi connectivity index (χ1n) is 5.90. The summed E-state index contributed by atoms with van der Waals surface area (Å²) in [6.45, 7) is 1.00. The van der Waals surface area contributed by atoms with Crippen molar-refractivity contribution in [2.24, 2.45) is 0 Å². The lowest BCUT2D eigenvalue weighted by atomic mass is 10.2. The highest BCUT2D eigenvalue weighted by Crippen LogP contribution is 2.28. The Kier molecular flexibility index (Phi) is 4.20. The molecule has 1 aromatic carbocycles. The van der Waals surface area contributed by atoms with Crippen LogP contribution in [-0.4, -0.2) is 22.3 Å². The van der Waals surface area contributed by atoms with Gasteiger partial charge in [0.25, 0.3) is 0 Å². The third-order valence-corrected chi connectivity index (χ3v) is 2.77. The zero-order valence-electron chi connectivity index (χ0n) is 10.6. The molecule has 5 nitrogen and oxygen atoms in total. The van der Waals surface area contributed by atoms with Crippen LogP contribution in [-0.2, 0) is 13.1 Å². The maximum Gasteiger partial charge on any atom is 0.217 e. The van der Waals surface area contributed by atoms with Crippen LogP contribution in [0.15, 0.2) is 36.5 Å². The molecule has 0 unspecified atom stereocenters. The van der Waals surface area contributed by atoms with Gasteiger partial charge in [0.2, 0.25) is 5.88 Å². The molecular formula is C14H16N2O3. The maximum absolute atomic E-state index is 9.67. The van der Waals surface area contributed by atoms with Gasteiger partial charge in [-0.3, -0.25) is 0 Å². The molecule has 0 fully saturated rings. The third-order valence-electron chi connectivity index (χ3n) is 2.77. The molecule has 0 bridgehead atoms. The van der Waals surface area contributed by atoms with Gasteiger partial charge < -0.3 is 20.3 Å². The van der Waals surface area contributed by atoms with Crippen molar-refractivity contribution in [3.05, 3.63) is 47.7 Å². The first kappa shape index (κ1) is 13.2. The summed E-state index contributed by atoms with van der Waals surface area (Å²) in [7, 11) is 1.58. The molecule has 0 saturated heterocycles. The summed E-state index contributed by atoms with van der Waals surface area (Å²) < 4.78 is 5.15. The summed E-state index contributed by atoms with van der Waals surface area (Å²) >= 11 is 0. The Hall–Kier alpha value is -2.27. The van der Waals surface area contributed by atoms with E-state index in [9.17, 15) is 10.2 Å². The number of pyridine rings is 1. The van der Waals surface area contributed by atoms with Crippen LogP contribution in [0.3, 0.4) is 0 Å². The smallest absolute Gasteiger partial charge is 0.217 e. The molecule has 2 aromatic rings. The Bertz CT molecular complexity index is 558. The van der Waals surface area contributed by atoms with E-state index in [0.29, 0.717) is 24.5 Å². The standard InChI is InChI=1S/C14H16N2O3/c1-19-14-11(5-3-7-16-14)9-15-8-10-4-2-6-12(17)13(10)18/h2-7,15,17-18H,8-9H2,1H3. The quantitative estimate of drug-likeness (QED) is 0.715. The number of rotatable bonds is 5. The number of hydrogen-bond acceptors (Lipinski definition) is 5. The minimum Gasteiger partial charge on any atom is -0.504 e. The van der Waals surface area contributed by atoms with E-state index >= 15 is 0 Å². The molecule has 0 saturated carbocycles. The number of aromatic hydroxyl groups is 2. The lowest BCUT2D eigenvalue weighted by molar-refractivity contribution is 0.389. The van der Waals surface area contributed by atoms with Gasteiger partial charge in [-0.25, -0.2) is 4.98 Å². The average molecular weight is 260 g/mol. The van der Waals surface area contributed by atoms with Crippen molar-refractivity contribution in [3.8, 4) is 17.4 Å². The van der Waals surface area contributed by atoms with Crippen molar-refractivity contribution in [1.29, 1.82) is 0 Å². The van der Waals surface area contributed by atoms with Crippen molar-refractivity contribution >= 4 is 0 Å². The van der Waals surface area contributed by atoms with Crippen molar-refractivity contribution in [1.82, 2.24) is 10.3 Å². The van der Waals surface area contributed by atoms with E-state index in [4.69, 9.17) is 4.74 Å². The van der Waals surface area contributed by atoms with E-state index in [2.05, 4.69) is 10.3 Å². The number of hydrogen-bond donors (Lipinski definition) is 3. The Morgan fingerprint density at radius 2 is 1.84 bits per heavy atom. The van der Waals surface area contributed by atoms with E-state index in [1.807, 2.05) is 12.1 Å². The Morgan fingerprint density at radius 3 is 2.63 bits per heavy atom. The molecule has 0 radical (unpaired) electrons. The molecule has 5 heteroatoms. The fraction of sp³-hybridized carbons (Fsp3) is 0.214. The normalized spacial score (nSPS) is 10.4. The van der Waals surface area contributed by atoms with E-state index in [-0.39, 0.29) is 11.5 Å². The second-order valence-electron chi connectivity index (χ2n) is 4.06. The number of para-hydroxylation sites is 1. The second kappa shape index (κ2) is 6.06. The minimum atomic E-state index is -0.113. The van der Waals surface area contributed by atoms with Crippen LogP contribution in [0.4, 0.5) is 0 Å². The third kappa shape index (κ3) is 3.14. The van der Waals surface area contributed by atoms with Crippen molar-refractivity contribution in [2.75, 3.05) is 7.11 Å². The van der Waals surface area contributed by atoms with Gasteiger partial charge in [-0.1, -0.05) is 18.2 Å². The highest BCUT2D eigenvalue weighted by molar-refractivity contribution is 5.44. The summed E-state index contributed by atoms with van der Waals surface area (Å²) in [5.74, 6) is 0.376. The largest absolute Gasteiger partial charge is 0.504 e. The molecule has 1 heterocycles. The van der Waals surface area contributed by atoms with Crippen LogP contribution < -0.4 is 10.1 Å². The zero-order valence-corrected chi connectivity index (χ0v) is 10.6. The van der Waals surface area contributed by atoms with Gasteiger partial charge in [-0.2, -0.15) is 0 Å². The van der Waals surface area contributed by atoms with Gasteiger partial charge in [0.05, 0.1) is 7.11 Å². The maximum atomic E-state index is 9.67. The van der Waals surface area contributed by atoms with Crippen LogP contribution in [0.25, 0.3) is 0 Å². The van der Waals surface area contributed by atoms with E-state index < -0.39 is 0 Å². The summed E-state index contributed by atoms with van der Waals surface area (Å²) in [6, 6.07) is 8.65. The topological polar surface area (TPSA) is 74.6 Å². The lowest BCUT2D eigenvalue weighted by Crippen LogP contribution is -2.13. The molecule has 0 aliphatic heterocycles. The zero-order chi connectivity index (χ0) is 13.7. The van der Waals surface area contributed by atoms with Crippen LogP contribution in [0, 0.1) is 0 Å². The van der Waals surface area contributed by atoms with Crippen LogP contribution in [0.5, 0.6) is 17.4 Å². The highest BCUT2D eigenvalue weighted by atomic mass is 16.5. The van der Waals surface area contributed by atoms with Crippen molar-refractivity contribution < 1.29 is 14.9 Å². The number of nitrogens with zero attached hydrogens (tertiary/aromatic N) is 1. The van der Waals surface area contributed by atoms with Gasteiger partial charge in [-0.05, 0) is 12.1 Å². The number of phenols is 2. The van der Waals surface area contributed by atoms with Gasteiger partial charge in [0.1, 0.15) is 0 Å². The number of phenolic OH excluding ortho intramolecular Hbond substituents is 2. The van der Waals surface area contributed by atoms with Crippen molar-refractivity contribution in [2.45, 2.75) is 13.1 Å². The van der Waals surface area contributed by atoms with Gasteiger partial charge in [0, 0.05) is 30.4 Å². The highest BCUT2D eigenvalue weighted by Gasteiger charge is 2.06. The minimum absolute atomic E-state index is 0.0897. The fourth-order valence-corrected chi connectivity index (χ4v) is 1.79.